The highest BCUT2D eigenvalue weighted by atomic mass is 35.5. The first-order valence-electron chi connectivity index (χ1n) is 5.54. The van der Waals surface area contributed by atoms with Crippen molar-refractivity contribution < 1.29 is 14.3 Å². The second kappa shape index (κ2) is 7.07. The Morgan fingerprint density at radius 1 is 1.24 bits per heavy atom. The third-order valence-electron chi connectivity index (χ3n) is 2.26. The lowest BCUT2D eigenvalue weighted by atomic mass is 10.1. The summed E-state index contributed by atoms with van der Waals surface area (Å²) in [6, 6.07) is 7.20. The van der Waals surface area contributed by atoms with Gasteiger partial charge in [0.05, 0.1) is 13.0 Å². The number of benzene rings is 1. The van der Waals surface area contributed by atoms with Crippen LogP contribution in [0.15, 0.2) is 24.3 Å². The van der Waals surface area contributed by atoms with Gasteiger partial charge in [0.1, 0.15) is 5.78 Å². The molecule has 0 amide bonds. The molecule has 1 aromatic rings. The summed E-state index contributed by atoms with van der Waals surface area (Å²) in [5, 5.41) is 0.581. The maximum absolute atomic E-state index is 11.6. The predicted octanol–water partition coefficient (Wildman–Crippen LogP) is 2.79. The van der Waals surface area contributed by atoms with Gasteiger partial charge in [0.25, 0.3) is 0 Å². The average molecular weight is 255 g/mol. The molecule has 3 nitrogen and oxygen atoms in total. The SMILES string of the molecule is CCOC(=O)CCC(=O)Cc1ccccc1Cl. The molecule has 0 unspecified atom stereocenters. The molecule has 0 aliphatic heterocycles. The minimum atomic E-state index is -0.333. The fraction of sp³-hybridized carbons (Fsp3) is 0.385. The topological polar surface area (TPSA) is 43.4 Å². The van der Waals surface area contributed by atoms with E-state index in [2.05, 4.69) is 0 Å². The van der Waals surface area contributed by atoms with Crippen LogP contribution < -0.4 is 0 Å². The van der Waals surface area contributed by atoms with Crippen molar-refractivity contribution in [2.45, 2.75) is 26.2 Å². The molecule has 0 aliphatic carbocycles. The van der Waals surface area contributed by atoms with Crippen LogP contribution in [0.2, 0.25) is 5.02 Å². The van der Waals surface area contributed by atoms with E-state index in [4.69, 9.17) is 16.3 Å². The molecule has 0 spiro atoms. The van der Waals surface area contributed by atoms with Gasteiger partial charge in [-0.2, -0.15) is 0 Å². The standard InChI is InChI=1S/C13H15ClO3/c1-2-17-13(16)8-7-11(15)9-10-5-3-4-6-12(10)14/h3-6H,2,7-9H2,1H3. The number of Topliss-reactive ketones (excluding diaryl/α,β-unsaturated/α-hetero) is 1. The van der Waals surface area contributed by atoms with Crippen LogP contribution in [0.1, 0.15) is 25.3 Å². The monoisotopic (exact) mass is 254 g/mol. The van der Waals surface area contributed by atoms with Gasteiger partial charge >= 0.3 is 5.97 Å². The maximum atomic E-state index is 11.6. The summed E-state index contributed by atoms with van der Waals surface area (Å²) < 4.78 is 4.75. The minimum Gasteiger partial charge on any atom is -0.466 e. The minimum absolute atomic E-state index is 0.00819. The Morgan fingerprint density at radius 2 is 1.94 bits per heavy atom. The summed E-state index contributed by atoms with van der Waals surface area (Å²) >= 11 is 5.94. The van der Waals surface area contributed by atoms with E-state index in [9.17, 15) is 9.59 Å². The number of carbonyl (C=O) groups excluding carboxylic acids is 2. The molecule has 4 heteroatoms. The van der Waals surface area contributed by atoms with Gasteiger partial charge in [-0.15, -0.1) is 0 Å². The molecule has 92 valence electrons. The number of hydrogen-bond donors (Lipinski definition) is 0. The van der Waals surface area contributed by atoms with E-state index in [1.54, 1.807) is 13.0 Å². The van der Waals surface area contributed by atoms with Crippen LogP contribution >= 0.6 is 11.6 Å². The smallest absolute Gasteiger partial charge is 0.306 e. The van der Waals surface area contributed by atoms with Crippen molar-refractivity contribution in [1.82, 2.24) is 0 Å². The molecule has 0 heterocycles. The zero-order chi connectivity index (χ0) is 12.7. The third-order valence-corrected chi connectivity index (χ3v) is 2.63. The van der Waals surface area contributed by atoms with E-state index in [1.165, 1.54) is 0 Å². The van der Waals surface area contributed by atoms with Gasteiger partial charge in [-0.25, -0.2) is 0 Å². The summed E-state index contributed by atoms with van der Waals surface area (Å²) in [7, 11) is 0. The van der Waals surface area contributed by atoms with Gasteiger partial charge in [-0.05, 0) is 18.6 Å². The zero-order valence-electron chi connectivity index (χ0n) is 9.74. The lowest BCUT2D eigenvalue weighted by Crippen LogP contribution is -2.09. The number of carbonyl (C=O) groups is 2. The molecule has 0 atom stereocenters. The maximum Gasteiger partial charge on any atom is 0.306 e. The molecule has 0 saturated heterocycles. The third kappa shape index (κ3) is 5.00. The Hall–Kier alpha value is -1.35. The van der Waals surface area contributed by atoms with Crippen LogP contribution in [0.3, 0.4) is 0 Å². The van der Waals surface area contributed by atoms with Crippen LogP contribution in [-0.2, 0) is 20.7 Å². The van der Waals surface area contributed by atoms with Gasteiger partial charge in [-0.1, -0.05) is 29.8 Å². The van der Waals surface area contributed by atoms with Crippen molar-refractivity contribution in [1.29, 1.82) is 0 Å². The Labute approximate surface area is 106 Å². The quantitative estimate of drug-likeness (QED) is 0.733. The first kappa shape index (κ1) is 13.7. The predicted molar refractivity (Wildman–Crippen MR) is 66.0 cm³/mol. The molecule has 0 saturated carbocycles. The van der Waals surface area contributed by atoms with E-state index < -0.39 is 0 Å². The molecular weight excluding hydrogens is 240 g/mol. The van der Waals surface area contributed by atoms with Crippen molar-refractivity contribution in [3.05, 3.63) is 34.9 Å². The summed E-state index contributed by atoms with van der Waals surface area (Å²) in [6.07, 6.45) is 0.597. The number of rotatable bonds is 6. The molecular formula is C13H15ClO3. The summed E-state index contributed by atoms with van der Waals surface area (Å²) in [5.74, 6) is -0.342. The lowest BCUT2D eigenvalue weighted by Gasteiger charge is -2.03. The molecule has 0 radical (unpaired) electrons. The summed E-state index contributed by atoms with van der Waals surface area (Å²) in [4.78, 5) is 22.7. The molecule has 17 heavy (non-hydrogen) atoms. The number of esters is 1. The Morgan fingerprint density at radius 3 is 2.59 bits per heavy atom. The van der Waals surface area contributed by atoms with Crippen molar-refractivity contribution in [3.8, 4) is 0 Å². The van der Waals surface area contributed by atoms with E-state index in [1.807, 2.05) is 18.2 Å². The van der Waals surface area contributed by atoms with E-state index in [0.29, 0.717) is 11.6 Å². The highest BCUT2D eigenvalue weighted by molar-refractivity contribution is 6.31. The summed E-state index contributed by atoms with van der Waals surface area (Å²) in [6.45, 7) is 2.08. The number of hydrogen-bond acceptors (Lipinski definition) is 3. The zero-order valence-corrected chi connectivity index (χ0v) is 10.5. The molecule has 0 bridgehead atoms. The van der Waals surface area contributed by atoms with Gasteiger partial charge in [-0.3, -0.25) is 9.59 Å². The van der Waals surface area contributed by atoms with Crippen LogP contribution in [0.25, 0.3) is 0 Å². The molecule has 0 N–H and O–H groups in total. The van der Waals surface area contributed by atoms with Crippen LogP contribution in [0.4, 0.5) is 0 Å². The molecule has 1 rings (SSSR count). The number of ketones is 1. The Kier molecular flexibility index (Phi) is 5.70. The van der Waals surface area contributed by atoms with Gasteiger partial charge < -0.3 is 4.74 Å². The van der Waals surface area contributed by atoms with Crippen LogP contribution in [-0.4, -0.2) is 18.4 Å². The van der Waals surface area contributed by atoms with Crippen LogP contribution in [0, 0.1) is 0 Å². The highest BCUT2D eigenvalue weighted by Crippen LogP contribution is 2.16. The van der Waals surface area contributed by atoms with Gasteiger partial charge in [0.2, 0.25) is 0 Å². The highest BCUT2D eigenvalue weighted by Gasteiger charge is 2.09. The first-order chi connectivity index (χ1) is 8.13. The summed E-state index contributed by atoms with van der Waals surface area (Å²) in [5.41, 5.74) is 0.794. The Bertz CT molecular complexity index is 401. The normalized spacial score (nSPS) is 10.0. The number of halogens is 1. The molecule has 1 aromatic carbocycles. The van der Waals surface area contributed by atoms with Gasteiger partial charge in [0, 0.05) is 17.9 Å². The first-order valence-corrected chi connectivity index (χ1v) is 5.92. The largest absolute Gasteiger partial charge is 0.466 e. The van der Waals surface area contributed by atoms with Crippen molar-refractivity contribution in [2.24, 2.45) is 0 Å². The van der Waals surface area contributed by atoms with Crippen molar-refractivity contribution in [3.63, 3.8) is 0 Å². The van der Waals surface area contributed by atoms with Gasteiger partial charge in [0.15, 0.2) is 0 Å². The van der Waals surface area contributed by atoms with Crippen molar-refractivity contribution in [2.75, 3.05) is 6.61 Å². The fourth-order valence-corrected chi connectivity index (χ4v) is 1.62. The molecule has 0 aromatic heterocycles. The molecule has 0 fully saturated rings. The molecule has 0 aliphatic rings. The van der Waals surface area contributed by atoms with E-state index >= 15 is 0 Å². The van der Waals surface area contributed by atoms with E-state index in [-0.39, 0.29) is 31.0 Å². The average Bonchev–Trinajstić information content (AvgIpc) is 2.30. The van der Waals surface area contributed by atoms with E-state index in [0.717, 1.165) is 5.56 Å². The fourth-order valence-electron chi connectivity index (χ4n) is 1.42. The second-order valence-electron chi connectivity index (χ2n) is 3.61. The van der Waals surface area contributed by atoms with Crippen LogP contribution in [0.5, 0.6) is 0 Å². The Balaban J connectivity index is 2.40. The lowest BCUT2D eigenvalue weighted by molar-refractivity contribution is -0.144. The second-order valence-corrected chi connectivity index (χ2v) is 4.02. The number of ether oxygens (including phenoxy) is 1. The van der Waals surface area contributed by atoms with Crippen molar-refractivity contribution >= 4 is 23.4 Å².